The van der Waals surface area contributed by atoms with Gasteiger partial charge in [-0.1, -0.05) is 176 Å². The van der Waals surface area contributed by atoms with E-state index in [2.05, 4.69) is 133 Å². The molecule has 0 bridgehead atoms. The van der Waals surface area contributed by atoms with Crippen LogP contribution in [0, 0.1) is 0 Å². The number of hydrogen-bond donors (Lipinski definition) is 0. The highest BCUT2D eigenvalue weighted by molar-refractivity contribution is 5.93. The molecule has 0 fully saturated rings. The molecule has 10 rings (SSSR count). The minimum absolute atomic E-state index is 0.0857. The molecule has 1 aliphatic carbocycles. The Hall–Kier alpha value is -6.96. The average Bonchev–Trinajstić information content (AvgIpc) is 3.59. The van der Waals surface area contributed by atoms with E-state index in [4.69, 9.17) is 4.11 Å². The number of para-hydroxylation sites is 1. The first-order valence-electron chi connectivity index (χ1n) is 20.8. The van der Waals surface area contributed by atoms with E-state index in [1.807, 2.05) is 65.6 Å². The molecule has 0 spiro atoms. The fourth-order valence-electron chi connectivity index (χ4n) is 8.37. The van der Waals surface area contributed by atoms with Crippen molar-refractivity contribution >= 4 is 27.8 Å². The summed E-state index contributed by atoms with van der Waals surface area (Å²) in [6, 6.07) is 65.6. The zero-order chi connectivity index (χ0) is 40.3. The molecule has 9 aromatic carbocycles. The Bertz CT molecular complexity index is 2970. The van der Waals surface area contributed by atoms with Crippen molar-refractivity contribution in [2.75, 3.05) is 4.90 Å². The van der Waals surface area contributed by atoms with Gasteiger partial charge in [0, 0.05) is 17.1 Å². The van der Waals surface area contributed by atoms with Crippen LogP contribution in [-0.4, -0.2) is 0 Å². The van der Waals surface area contributed by atoms with Crippen molar-refractivity contribution in [2.24, 2.45) is 0 Å². The van der Waals surface area contributed by atoms with E-state index >= 15 is 0 Å². The molecule has 0 aromatic heterocycles. The van der Waals surface area contributed by atoms with Crippen LogP contribution >= 0.6 is 0 Å². The molecule has 254 valence electrons. The van der Waals surface area contributed by atoms with Gasteiger partial charge in [0.05, 0.1) is 12.3 Å². The van der Waals surface area contributed by atoms with Crippen molar-refractivity contribution in [3.05, 3.63) is 247 Å². The first kappa shape index (κ1) is 26.8. The highest BCUT2D eigenvalue weighted by atomic mass is 15.1. The maximum atomic E-state index is 9.19. The lowest BCUT2D eigenvalue weighted by molar-refractivity contribution is 0.768. The second-order valence-corrected chi connectivity index (χ2v) is 13.8. The van der Waals surface area contributed by atoms with Crippen LogP contribution in [0.25, 0.3) is 44.2 Å². The summed E-state index contributed by atoms with van der Waals surface area (Å²) >= 11 is 0. The van der Waals surface area contributed by atoms with Crippen molar-refractivity contribution in [2.45, 2.75) is 5.41 Å². The van der Waals surface area contributed by atoms with Crippen LogP contribution in [0.15, 0.2) is 224 Å². The summed E-state index contributed by atoms with van der Waals surface area (Å²) in [6.45, 7) is 0. The van der Waals surface area contributed by atoms with E-state index in [0.717, 1.165) is 55.6 Å². The van der Waals surface area contributed by atoms with Crippen LogP contribution in [-0.2, 0) is 5.41 Å². The van der Waals surface area contributed by atoms with E-state index in [0.29, 0.717) is 11.4 Å². The van der Waals surface area contributed by atoms with Gasteiger partial charge in [-0.3, -0.25) is 0 Å². The Morgan fingerprint density at radius 1 is 0.352 bits per heavy atom. The van der Waals surface area contributed by atoms with Gasteiger partial charge in [0.2, 0.25) is 0 Å². The van der Waals surface area contributed by atoms with E-state index in [1.54, 1.807) is 0 Å². The summed E-state index contributed by atoms with van der Waals surface area (Å²) in [5.74, 6) is 0. The molecule has 0 saturated carbocycles. The lowest BCUT2D eigenvalue weighted by Crippen LogP contribution is -2.28. The van der Waals surface area contributed by atoms with Crippen molar-refractivity contribution in [1.82, 2.24) is 0 Å². The number of hydrogen-bond acceptors (Lipinski definition) is 1. The third kappa shape index (κ3) is 5.25. The van der Waals surface area contributed by atoms with E-state index in [9.17, 15) is 2.74 Å². The molecule has 1 heteroatoms. The van der Waals surface area contributed by atoms with Crippen LogP contribution in [0.5, 0.6) is 0 Å². The van der Waals surface area contributed by atoms with Gasteiger partial charge in [0.15, 0.2) is 0 Å². The van der Waals surface area contributed by atoms with Gasteiger partial charge >= 0.3 is 0 Å². The highest BCUT2D eigenvalue weighted by Gasteiger charge is 2.46. The third-order valence-corrected chi connectivity index (χ3v) is 10.8. The molecule has 0 N–H and O–H groups in total. The molecule has 0 unspecified atom stereocenters. The van der Waals surface area contributed by atoms with Crippen LogP contribution in [0.2, 0.25) is 0 Å². The van der Waals surface area contributed by atoms with Gasteiger partial charge in [0.25, 0.3) is 0 Å². The molecule has 54 heavy (non-hydrogen) atoms. The largest absolute Gasteiger partial charge is 0.310 e. The predicted molar refractivity (Wildman–Crippen MR) is 227 cm³/mol. The summed E-state index contributed by atoms with van der Waals surface area (Å²) in [4.78, 5) is 1.82. The number of fused-ring (bicyclic) bond motifs is 4. The fourth-order valence-corrected chi connectivity index (χ4v) is 8.37. The van der Waals surface area contributed by atoms with Gasteiger partial charge in [-0.25, -0.2) is 0 Å². The molecule has 0 radical (unpaired) electrons. The van der Waals surface area contributed by atoms with E-state index in [1.165, 1.54) is 10.8 Å². The SMILES string of the molecule is [2H]c1c([2H])c([2H])c(N(c2ccc(-c3ccccc3)cc2)c2ccc3c(c2)C(c2ccccc2)(c2ccccc2)c2ccc(-c4ccc5ccccc5c4)cc2-3)c([2H])c1[2H]. The number of benzene rings is 9. The average molecular weight is 693 g/mol. The van der Waals surface area contributed by atoms with Crippen molar-refractivity contribution in [3.8, 4) is 33.4 Å². The molecule has 0 aliphatic heterocycles. The van der Waals surface area contributed by atoms with Crippen molar-refractivity contribution < 1.29 is 6.85 Å². The zero-order valence-corrected chi connectivity index (χ0v) is 29.4. The smallest absolute Gasteiger partial charge is 0.0714 e. The minimum Gasteiger partial charge on any atom is -0.310 e. The summed E-state index contributed by atoms with van der Waals surface area (Å²) in [5.41, 5.74) is 11.6. The van der Waals surface area contributed by atoms with Crippen molar-refractivity contribution in [1.29, 1.82) is 0 Å². The van der Waals surface area contributed by atoms with Crippen LogP contribution < -0.4 is 4.90 Å². The Morgan fingerprint density at radius 3 is 1.61 bits per heavy atom. The van der Waals surface area contributed by atoms with E-state index in [-0.39, 0.29) is 29.9 Å². The monoisotopic (exact) mass is 692 g/mol. The Kier molecular flexibility index (Phi) is 6.55. The Morgan fingerprint density at radius 2 is 0.907 bits per heavy atom. The van der Waals surface area contributed by atoms with Gasteiger partial charge in [-0.05, 0) is 115 Å². The molecular formula is C53H37N. The Balaban J connectivity index is 1.24. The first-order chi connectivity index (χ1) is 28.8. The number of anilines is 3. The topological polar surface area (TPSA) is 3.24 Å². The van der Waals surface area contributed by atoms with Crippen LogP contribution in [0.1, 0.15) is 29.1 Å². The predicted octanol–water partition coefficient (Wildman–Crippen LogP) is 14.0. The number of nitrogens with zero attached hydrogens (tertiary/aromatic N) is 1. The zero-order valence-electron chi connectivity index (χ0n) is 34.4. The highest BCUT2D eigenvalue weighted by Crippen LogP contribution is 2.58. The molecule has 0 saturated heterocycles. The minimum atomic E-state index is -0.742. The van der Waals surface area contributed by atoms with Gasteiger partial charge in [-0.15, -0.1) is 0 Å². The maximum Gasteiger partial charge on any atom is 0.0714 e. The summed E-state index contributed by atoms with van der Waals surface area (Å²) in [5, 5.41) is 2.38. The first-order valence-corrected chi connectivity index (χ1v) is 18.3. The van der Waals surface area contributed by atoms with Crippen molar-refractivity contribution in [3.63, 3.8) is 0 Å². The third-order valence-electron chi connectivity index (χ3n) is 10.8. The normalized spacial score (nSPS) is 13.9. The molecule has 1 nitrogen and oxygen atoms in total. The molecule has 1 aliphatic rings. The summed E-state index contributed by atoms with van der Waals surface area (Å²) in [6.07, 6.45) is 0. The lowest BCUT2D eigenvalue weighted by Gasteiger charge is -2.35. The maximum absolute atomic E-state index is 9.19. The summed E-state index contributed by atoms with van der Waals surface area (Å²) < 4.78 is 44.2. The molecule has 0 atom stereocenters. The number of rotatable bonds is 7. The van der Waals surface area contributed by atoms with Gasteiger partial charge < -0.3 is 4.90 Å². The van der Waals surface area contributed by atoms with Crippen LogP contribution in [0.3, 0.4) is 0 Å². The van der Waals surface area contributed by atoms with E-state index < -0.39 is 11.5 Å². The standard InChI is InChI=1S/C53H37N/c1-5-15-38(16-6-1)40-27-30-47(31-28-40)54(46-23-11-4-12-24-46)48-32-33-49-50-36-43(42-26-25-39-17-13-14-18-41(39)35-42)29-34-51(50)53(52(49)37-48,44-19-7-2-8-20-44)45-21-9-3-10-22-45/h1-37H/i4D,11D,12D,23D,24D. The van der Waals surface area contributed by atoms with Gasteiger partial charge in [0.1, 0.15) is 0 Å². The molecular weight excluding hydrogens is 651 g/mol. The molecule has 9 aromatic rings. The summed E-state index contributed by atoms with van der Waals surface area (Å²) in [7, 11) is 0. The molecule has 0 heterocycles. The Labute approximate surface area is 324 Å². The fraction of sp³-hybridized carbons (Fsp3) is 0.0189. The van der Waals surface area contributed by atoms with Crippen LogP contribution in [0.4, 0.5) is 17.1 Å². The van der Waals surface area contributed by atoms with Gasteiger partial charge in [-0.2, -0.15) is 0 Å². The second-order valence-electron chi connectivity index (χ2n) is 13.8. The second kappa shape index (κ2) is 13.2. The quantitative estimate of drug-likeness (QED) is 0.161. The lowest BCUT2D eigenvalue weighted by atomic mass is 9.67. The molecule has 0 amide bonds.